The van der Waals surface area contributed by atoms with Crippen LogP contribution in [-0.4, -0.2) is 32.4 Å². The van der Waals surface area contributed by atoms with E-state index in [-0.39, 0.29) is 17.0 Å². The van der Waals surface area contributed by atoms with Crippen LogP contribution in [0.1, 0.15) is 27.4 Å². The van der Waals surface area contributed by atoms with Gasteiger partial charge in [0.1, 0.15) is 17.0 Å². The Balaban J connectivity index is 1.94. The van der Waals surface area contributed by atoms with Gasteiger partial charge in [-0.2, -0.15) is 0 Å². The standard InChI is InChI=1S/C16H16N4O3/c1-10-13(11(2)23-18-10)9-19(3)15(21)12-8-17-14-6-4-5-7-20(14)16(12)22/h4-8H,9H2,1-3H3. The first kappa shape index (κ1) is 15.0. The Morgan fingerprint density at radius 1 is 1.35 bits per heavy atom. The normalized spacial score (nSPS) is 10.9. The Morgan fingerprint density at radius 3 is 2.83 bits per heavy atom. The zero-order valence-electron chi connectivity index (χ0n) is 13.1. The van der Waals surface area contributed by atoms with Crippen molar-refractivity contribution in [3.8, 4) is 0 Å². The average Bonchev–Trinajstić information content (AvgIpc) is 2.87. The molecule has 0 aromatic carbocycles. The summed E-state index contributed by atoms with van der Waals surface area (Å²) in [6, 6.07) is 5.22. The Kier molecular flexibility index (Phi) is 3.69. The van der Waals surface area contributed by atoms with Gasteiger partial charge in [0.25, 0.3) is 11.5 Å². The molecule has 7 nitrogen and oxygen atoms in total. The maximum absolute atomic E-state index is 12.6. The largest absolute Gasteiger partial charge is 0.361 e. The molecule has 3 aromatic heterocycles. The minimum absolute atomic E-state index is 0.0305. The van der Waals surface area contributed by atoms with Gasteiger partial charge < -0.3 is 9.42 Å². The minimum Gasteiger partial charge on any atom is -0.361 e. The molecule has 23 heavy (non-hydrogen) atoms. The van der Waals surface area contributed by atoms with Crippen LogP contribution < -0.4 is 5.56 Å². The van der Waals surface area contributed by atoms with Crippen molar-refractivity contribution < 1.29 is 9.32 Å². The second-order valence-electron chi connectivity index (χ2n) is 5.37. The van der Waals surface area contributed by atoms with Crippen LogP contribution in [0.5, 0.6) is 0 Å². The van der Waals surface area contributed by atoms with Gasteiger partial charge in [0.15, 0.2) is 0 Å². The summed E-state index contributed by atoms with van der Waals surface area (Å²) < 4.78 is 6.45. The van der Waals surface area contributed by atoms with Crippen LogP contribution in [-0.2, 0) is 6.54 Å². The van der Waals surface area contributed by atoms with Crippen molar-refractivity contribution in [3.63, 3.8) is 0 Å². The summed E-state index contributed by atoms with van der Waals surface area (Å²) in [4.78, 5) is 30.7. The number of hydrogen-bond donors (Lipinski definition) is 0. The van der Waals surface area contributed by atoms with E-state index in [1.165, 1.54) is 15.5 Å². The first-order valence-corrected chi connectivity index (χ1v) is 7.12. The number of hydrogen-bond acceptors (Lipinski definition) is 5. The van der Waals surface area contributed by atoms with Crippen LogP contribution in [0.3, 0.4) is 0 Å². The number of aromatic nitrogens is 3. The van der Waals surface area contributed by atoms with Gasteiger partial charge in [-0.1, -0.05) is 11.2 Å². The first-order chi connectivity index (χ1) is 11.0. The smallest absolute Gasteiger partial charge is 0.270 e. The highest BCUT2D eigenvalue weighted by Crippen LogP contribution is 2.15. The summed E-state index contributed by atoms with van der Waals surface area (Å²) in [6.07, 6.45) is 2.92. The van der Waals surface area contributed by atoms with E-state index in [1.54, 1.807) is 38.4 Å². The minimum atomic E-state index is -0.388. The number of fused-ring (bicyclic) bond motifs is 1. The summed E-state index contributed by atoms with van der Waals surface area (Å²) >= 11 is 0. The molecule has 0 aliphatic rings. The van der Waals surface area contributed by atoms with Gasteiger partial charge in [-0.15, -0.1) is 0 Å². The summed E-state index contributed by atoms with van der Waals surface area (Å²) in [5.41, 5.74) is 1.72. The zero-order valence-corrected chi connectivity index (χ0v) is 13.1. The molecule has 3 aromatic rings. The van der Waals surface area contributed by atoms with Crippen molar-refractivity contribution in [1.82, 2.24) is 19.4 Å². The molecule has 0 saturated carbocycles. The molecule has 0 radical (unpaired) electrons. The highest BCUT2D eigenvalue weighted by Gasteiger charge is 2.20. The van der Waals surface area contributed by atoms with Gasteiger partial charge in [-0.3, -0.25) is 14.0 Å². The first-order valence-electron chi connectivity index (χ1n) is 7.12. The SMILES string of the molecule is Cc1noc(C)c1CN(C)C(=O)c1cnc2ccccn2c1=O. The fourth-order valence-corrected chi connectivity index (χ4v) is 2.42. The lowest BCUT2D eigenvalue weighted by Gasteiger charge is -2.16. The number of carbonyl (C=O) groups excluding carboxylic acids is 1. The molecule has 0 bridgehead atoms. The second-order valence-corrected chi connectivity index (χ2v) is 5.37. The quantitative estimate of drug-likeness (QED) is 0.733. The number of carbonyl (C=O) groups is 1. The predicted molar refractivity (Wildman–Crippen MR) is 83.2 cm³/mol. The molecule has 118 valence electrons. The average molecular weight is 312 g/mol. The lowest BCUT2D eigenvalue weighted by Crippen LogP contribution is -2.33. The molecule has 0 atom stereocenters. The fourth-order valence-electron chi connectivity index (χ4n) is 2.42. The van der Waals surface area contributed by atoms with Crippen LogP contribution in [0.2, 0.25) is 0 Å². The van der Waals surface area contributed by atoms with Crippen molar-refractivity contribution in [2.45, 2.75) is 20.4 Å². The molecule has 0 aliphatic heterocycles. The Labute approximate surface area is 132 Å². The molecule has 0 unspecified atom stereocenters. The Morgan fingerprint density at radius 2 is 2.13 bits per heavy atom. The summed E-state index contributed by atoms with van der Waals surface area (Å²) in [7, 11) is 1.63. The highest BCUT2D eigenvalue weighted by molar-refractivity contribution is 5.93. The molecule has 3 heterocycles. The third kappa shape index (κ3) is 2.61. The third-order valence-electron chi connectivity index (χ3n) is 3.77. The van der Waals surface area contributed by atoms with E-state index in [2.05, 4.69) is 10.1 Å². The molecule has 7 heteroatoms. The number of amides is 1. The Hall–Kier alpha value is -2.96. The maximum atomic E-state index is 12.6. The van der Waals surface area contributed by atoms with Gasteiger partial charge in [-0.05, 0) is 26.0 Å². The second kappa shape index (κ2) is 5.68. The predicted octanol–water partition coefficient (Wildman–Crippen LogP) is 1.57. The van der Waals surface area contributed by atoms with Crippen molar-refractivity contribution in [1.29, 1.82) is 0 Å². The lowest BCUT2D eigenvalue weighted by molar-refractivity contribution is 0.0782. The fraction of sp³-hybridized carbons (Fsp3) is 0.250. The van der Waals surface area contributed by atoms with Gasteiger partial charge in [0.05, 0.1) is 12.2 Å². The number of rotatable bonds is 3. The van der Waals surface area contributed by atoms with E-state index >= 15 is 0 Å². The van der Waals surface area contributed by atoms with Gasteiger partial charge in [-0.25, -0.2) is 4.98 Å². The van der Waals surface area contributed by atoms with Crippen LogP contribution in [0.4, 0.5) is 0 Å². The Bertz CT molecular complexity index is 922. The molecule has 0 spiro atoms. The number of nitrogens with zero attached hydrogens (tertiary/aromatic N) is 4. The zero-order chi connectivity index (χ0) is 16.6. The van der Waals surface area contributed by atoms with Crippen LogP contribution >= 0.6 is 0 Å². The molecule has 0 aliphatic carbocycles. The lowest BCUT2D eigenvalue weighted by atomic mass is 10.2. The molecule has 0 N–H and O–H groups in total. The van der Waals surface area contributed by atoms with Crippen LogP contribution in [0.15, 0.2) is 39.9 Å². The topological polar surface area (TPSA) is 80.7 Å². The van der Waals surface area contributed by atoms with Crippen molar-refractivity contribution in [2.75, 3.05) is 7.05 Å². The highest BCUT2D eigenvalue weighted by atomic mass is 16.5. The summed E-state index contributed by atoms with van der Waals surface area (Å²) in [5, 5.41) is 3.87. The third-order valence-corrected chi connectivity index (χ3v) is 3.77. The maximum Gasteiger partial charge on any atom is 0.270 e. The molecule has 3 rings (SSSR count). The van der Waals surface area contributed by atoms with Gasteiger partial charge in [0, 0.05) is 25.0 Å². The van der Waals surface area contributed by atoms with Crippen LogP contribution in [0.25, 0.3) is 5.65 Å². The molecule has 0 fully saturated rings. The summed E-state index contributed by atoms with van der Waals surface area (Å²) in [5.74, 6) is 0.274. The van der Waals surface area contributed by atoms with Crippen molar-refractivity contribution in [3.05, 3.63) is 63.5 Å². The number of pyridine rings is 1. The van der Waals surface area contributed by atoms with Gasteiger partial charge >= 0.3 is 0 Å². The molecular weight excluding hydrogens is 296 g/mol. The number of aryl methyl sites for hydroxylation is 2. The van der Waals surface area contributed by atoms with E-state index in [4.69, 9.17) is 4.52 Å². The molecular formula is C16H16N4O3. The van der Waals surface area contributed by atoms with E-state index in [0.29, 0.717) is 18.0 Å². The molecule has 1 amide bonds. The monoisotopic (exact) mass is 312 g/mol. The van der Waals surface area contributed by atoms with E-state index < -0.39 is 0 Å². The van der Waals surface area contributed by atoms with Crippen molar-refractivity contribution in [2.24, 2.45) is 0 Å². The van der Waals surface area contributed by atoms with Crippen LogP contribution in [0, 0.1) is 13.8 Å². The summed E-state index contributed by atoms with van der Waals surface area (Å²) in [6.45, 7) is 3.92. The van der Waals surface area contributed by atoms with E-state index in [9.17, 15) is 9.59 Å². The van der Waals surface area contributed by atoms with E-state index in [0.717, 1.165) is 11.3 Å². The molecule has 0 saturated heterocycles. The van der Waals surface area contributed by atoms with E-state index in [1.807, 2.05) is 6.92 Å². The van der Waals surface area contributed by atoms with Crippen molar-refractivity contribution >= 4 is 11.6 Å². The van der Waals surface area contributed by atoms with Gasteiger partial charge in [0.2, 0.25) is 0 Å².